The van der Waals surface area contributed by atoms with Gasteiger partial charge in [-0.15, -0.1) is 11.3 Å². The zero-order chi connectivity index (χ0) is 14.7. The lowest BCUT2D eigenvalue weighted by Gasteiger charge is -2.08. The molecule has 3 nitrogen and oxygen atoms in total. The largest absolute Gasteiger partial charge is 0.482 e. The van der Waals surface area contributed by atoms with E-state index in [2.05, 4.69) is 0 Å². The maximum absolute atomic E-state index is 13.6. The summed E-state index contributed by atoms with van der Waals surface area (Å²) in [6, 6.07) is 5.26. The van der Waals surface area contributed by atoms with Gasteiger partial charge in [0.05, 0.1) is 5.56 Å². The smallest absolute Gasteiger partial charge is 0.335 e. The second kappa shape index (κ2) is 6.00. The highest BCUT2D eigenvalue weighted by Gasteiger charge is 2.16. The van der Waals surface area contributed by atoms with Crippen LogP contribution in [0.5, 0.6) is 5.75 Å². The zero-order valence-corrected chi connectivity index (χ0v) is 11.5. The fraction of sp³-hybridized carbons (Fsp3) is 0.214. The third kappa shape index (κ3) is 3.14. The summed E-state index contributed by atoms with van der Waals surface area (Å²) in [5.74, 6) is -3.98. The average Bonchev–Trinajstić information content (AvgIpc) is 2.85. The van der Waals surface area contributed by atoms with Crippen LogP contribution < -0.4 is 4.74 Å². The van der Waals surface area contributed by atoms with Gasteiger partial charge in [0.25, 0.3) is 0 Å². The van der Waals surface area contributed by atoms with Crippen LogP contribution in [-0.2, 0) is 13.0 Å². The average molecular weight is 298 g/mol. The molecule has 1 aromatic carbocycles. The Morgan fingerprint density at radius 2 is 1.85 bits per heavy atom. The van der Waals surface area contributed by atoms with E-state index in [4.69, 9.17) is 9.84 Å². The lowest BCUT2D eigenvalue weighted by atomic mass is 10.2. The Morgan fingerprint density at radius 3 is 2.35 bits per heavy atom. The molecular formula is C14H12F2O3S. The highest BCUT2D eigenvalue weighted by atomic mass is 32.1. The topological polar surface area (TPSA) is 46.5 Å². The van der Waals surface area contributed by atoms with Crippen LogP contribution in [0.3, 0.4) is 0 Å². The van der Waals surface area contributed by atoms with Crippen LogP contribution in [0.4, 0.5) is 8.78 Å². The van der Waals surface area contributed by atoms with Gasteiger partial charge in [-0.1, -0.05) is 6.92 Å². The summed E-state index contributed by atoms with van der Waals surface area (Å²) in [6.07, 6.45) is 0.890. The molecule has 2 rings (SSSR count). The van der Waals surface area contributed by atoms with Crippen LogP contribution in [0.2, 0.25) is 0 Å². The van der Waals surface area contributed by atoms with E-state index in [0.29, 0.717) is 0 Å². The minimum Gasteiger partial charge on any atom is -0.482 e. The maximum Gasteiger partial charge on any atom is 0.335 e. The Balaban J connectivity index is 2.15. The predicted octanol–water partition coefficient (Wildman–Crippen LogP) is 3.87. The molecule has 0 amide bonds. The molecular weight excluding hydrogens is 286 g/mol. The van der Waals surface area contributed by atoms with E-state index in [1.165, 1.54) is 11.3 Å². The summed E-state index contributed by atoms with van der Waals surface area (Å²) < 4.78 is 32.4. The summed E-state index contributed by atoms with van der Waals surface area (Å²) in [5, 5.41) is 8.69. The molecule has 0 spiro atoms. The predicted molar refractivity (Wildman–Crippen MR) is 71.3 cm³/mol. The van der Waals surface area contributed by atoms with Crippen molar-refractivity contribution in [2.75, 3.05) is 0 Å². The molecule has 1 N–H and O–H groups in total. The molecule has 6 heteroatoms. The van der Waals surface area contributed by atoms with Gasteiger partial charge in [0.2, 0.25) is 0 Å². The molecule has 0 aliphatic heterocycles. The summed E-state index contributed by atoms with van der Waals surface area (Å²) in [5.41, 5.74) is -0.447. The van der Waals surface area contributed by atoms with Crippen LogP contribution in [0.25, 0.3) is 0 Å². The molecule has 0 saturated carbocycles. The molecule has 1 heterocycles. The number of carboxylic acids is 1. The Morgan fingerprint density at radius 1 is 1.25 bits per heavy atom. The third-order valence-corrected chi connectivity index (χ3v) is 3.87. The van der Waals surface area contributed by atoms with Crippen LogP contribution in [0, 0.1) is 11.6 Å². The van der Waals surface area contributed by atoms with Gasteiger partial charge in [-0.2, -0.15) is 0 Å². The molecule has 0 aliphatic carbocycles. The first-order valence-corrected chi connectivity index (χ1v) is 6.75. The SMILES string of the molecule is CCc1ccc(COc2c(F)cc(C(=O)O)cc2F)s1. The summed E-state index contributed by atoms with van der Waals surface area (Å²) in [4.78, 5) is 12.7. The summed E-state index contributed by atoms with van der Waals surface area (Å²) in [7, 11) is 0. The van der Waals surface area contributed by atoms with Crippen molar-refractivity contribution in [2.24, 2.45) is 0 Å². The second-order valence-electron chi connectivity index (χ2n) is 4.08. The third-order valence-electron chi connectivity index (χ3n) is 2.67. The van der Waals surface area contributed by atoms with Crippen molar-refractivity contribution >= 4 is 17.3 Å². The number of benzene rings is 1. The fourth-order valence-corrected chi connectivity index (χ4v) is 2.53. The molecule has 106 valence electrons. The van der Waals surface area contributed by atoms with E-state index in [1.807, 2.05) is 19.1 Å². The fourth-order valence-electron chi connectivity index (χ4n) is 1.65. The lowest BCUT2D eigenvalue weighted by molar-refractivity contribution is 0.0695. The summed E-state index contributed by atoms with van der Waals surface area (Å²) in [6.45, 7) is 2.06. The number of carboxylic acid groups (broad SMARTS) is 1. The number of aromatic carboxylic acids is 1. The zero-order valence-electron chi connectivity index (χ0n) is 10.7. The molecule has 0 radical (unpaired) electrons. The minimum atomic E-state index is -1.39. The number of halogens is 2. The molecule has 0 unspecified atom stereocenters. The molecule has 0 saturated heterocycles. The molecule has 0 atom stereocenters. The van der Waals surface area contributed by atoms with Crippen molar-refractivity contribution in [3.63, 3.8) is 0 Å². The van der Waals surface area contributed by atoms with Crippen LogP contribution >= 0.6 is 11.3 Å². The van der Waals surface area contributed by atoms with E-state index in [-0.39, 0.29) is 6.61 Å². The van der Waals surface area contributed by atoms with Crippen molar-refractivity contribution in [3.8, 4) is 5.75 Å². The second-order valence-corrected chi connectivity index (χ2v) is 5.34. The van der Waals surface area contributed by atoms with Crippen LogP contribution in [0.15, 0.2) is 24.3 Å². The van der Waals surface area contributed by atoms with Gasteiger partial charge >= 0.3 is 5.97 Å². The lowest BCUT2D eigenvalue weighted by Crippen LogP contribution is -2.03. The highest BCUT2D eigenvalue weighted by Crippen LogP contribution is 2.26. The molecule has 0 aliphatic rings. The van der Waals surface area contributed by atoms with Crippen molar-refractivity contribution in [2.45, 2.75) is 20.0 Å². The van der Waals surface area contributed by atoms with Crippen molar-refractivity contribution < 1.29 is 23.4 Å². The highest BCUT2D eigenvalue weighted by molar-refractivity contribution is 7.11. The van der Waals surface area contributed by atoms with E-state index in [9.17, 15) is 13.6 Å². The first kappa shape index (κ1) is 14.5. The molecule has 2 aromatic rings. The van der Waals surface area contributed by atoms with E-state index in [1.54, 1.807) is 0 Å². The molecule has 1 aromatic heterocycles. The number of thiophene rings is 1. The van der Waals surface area contributed by atoms with E-state index in [0.717, 1.165) is 28.3 Å². The Kier molecular flexibility index (Phi) is 4.34. The molecule has 0 bridgehead atoms. The normalized spacial score (nSPS) is 10.6. The number of aryl methyl sites for hydroxylation is 1. The Hall–Kier alpha value is -1.95. The first-order chi connectivity index (χ1) is 9.51. The van der Waals surface area contributed by atoms with Gasteiger partial charge in [0, 0.05) is 9.75 Å². The first-order valence-electron chi connectivity index (χ1n) is 5.94. The summed E-state index contributed by atoms with van der Waals surface area (Å²) >= 11 is 1.51. The van der Waals surface area contributed by atoms with Gasteiger partial charge < -0.3 is 9.84 Å². The van der Waals surface area contributed by atoms with Gasteiger partial charge in [-0.05, 0) is 30.7 Å². The quantitative estimate of drug-likeness (QED) is 0.911. The number of hydrogen-bond acceptors (Lipinski definition) is 3. The standard InChI is InChI=1S/C14H12F2O3S/c1-2-9-3-4-10(20-9)7-19-13-11(15)5-8(14(17)18)6-12(13)16/h3-6H,2,7H2,1H3,(H,17,18). The van der Waals surface area contributed by atoms with Gasteiger partial charge in [0.15, 0.2) is 17.4 Å². The maximum atomic E-state index is 13.6. The monoisotopic (exact) mass is 298 g/mol. The molecule has 0 fully saturated rings. The van der Waals surface area contributed by atoms with Gasteiger partial charge in [-0.25, -0.2) is 13.6 Å². The van der Waals surface area contributed by atoms with Gasteiger partial charge in [0.1, 0.15) is 6.61 Å². The number of hydrogen-bond donors (Lipinski definition) is 1. The number of ether oxygens (including phenoxy) is 1. The van der Waals surface area contributed by atoms with Crippen molar-refractivity contribution in [1.29, 1.82) is 0 Å². The Labute approximate surface area is 118 Å². The Bertz CT molecular complexity index is 614. The van der Waals surface area contributed by atoms with Crippen LogP contribution in [0.1, 0.15) is 27.0 Å². The minimum absolute atomic E-state index is 0.0466. The van der Waals surface area contributed by atoms with E-state index >= 15 is 0 Å². The van der Waals surface area contributed by atoms with Crippen molar-refractivity contribution in [1.82, 2.24) is 0 Å². The van der Waals surface area contributed by atoms with Crippen LogP contribution in [-0.4, -0.2) is 11.1 Å². The number of carbonyl (C=O) groups is 1. The number of rotatable bonds is 5. The molecule has 20 heavy (non-hydrogen) atoms. The van der Waals surface area contributed by atoms with Crippen molar-refractivity contribution in [3.05, 3.63) is 51.2 Å². The van der Waals surface area contributed by atoms with Gasteiger partial charge in [-0.3, -0.25) is 0 Å². The van der Waals surface area contributed by atoms with E-state index < -0.39 is 28.9 Å².